The van der Waals surface area contributed by atoms with Gasteiger partial charge in [0.25, 0.3) is 0 Å². The first-order chi connectivity index (χ1) is 11.7. The maximum Gasteiger partial charge on any atom is 0.230 e. The van der Waals surface area contributed by atoms with Gasteiger partial charge in [-0.1, -0.05) is 43.2 Å². The van der Waals surface area contributed by atoms with E-state index in [1.54, 1.807) is 25.2 Å². The van der Waals surface area contributed by atoms with E-state index < -0.39 is 0 Å². The summed E-state index contributed by atoms with van der Waals surface area (Å²) in [7, 11) is 1.61. The van der Waals surface area contributed by atoms with Crippen LogP contribution in [-0.2, 0) is 4.79 Å². The van der Waals surface area contributed by atoms with Crippen LogP contribution in [0, 0.1) is 5.82 Å². The molecule has 7 heteroatoms. The fraction of sp³-hybridized carbons (Fsp3) is 0.471. The molecule has 128 valence electrons. The molecule has 0 spiro atoms. The SMILES string of the molecule is CNC(=O)CSc1nnc(-c2ccccc2F)n1C1CCCCC1. The average Bonchev–Trinajstić information content (AvgIpc) is 3.04. The second-order valence-corrected chi connectivity index (χ2v) is 6.85. The molecule has 1 aromatic heterocycles. The quantitative estimate of drug-likeness (QED) is 0.841. The highest BCUT2D eigenvalue weighted by atomic mass is 32.2. The lowest BCUT2D eigenvalue weighted by Crippen LogP contribution is -2.21. The molecule has 1 N–H and O–H groups in total. The van der Waals surface area contributed by atoms with E-state index in [9.17, 15) is 9.18 Å². The van der Waals surface area contributed by atoms with Crippen molar-refractivity contribution in [3.8, 4) is 11.4 Å². The predicted octanol–water partition coefficient (Wildman–Crippen LogP) is 3.43. The fourth-order valence-corrected chi connectivity index (χ4v) is 3.95. The van der Waals surface area contributed by atoms with Crippen LogP contribution < -0.4 is 5.32 Å². The van der Waals surface area contributed by atoms with Crippen LogP contribution in [0.2, 0.25) is 0 Å². The monoisotopic (exact) mass is 348 g/mol. The number of rotatable bonds is 5. The number of halogens is 1. The minimum absolute atomic E-state index is 0.0642. The number of hydrogen-bond acceptors (Lipinski definition) is 4. The van der Waals surface area contributed by atoms with Crippen LogP contribution >= 0.6 is 11.8 Å². The van der Waals surface area contributed by atoms with Crippen LogP contribution in [0.4, 0.5) is 4.39 Å². The Bertz CT molecular complexity index is 712. The fourth-order valence-electron chi connectivity index (χ4n) is 3.07. The summed E-state index contributed by atoms with van der Waals surface area (Å²) < 4.78 is 16.3. The Kier molecular flexibility index (Phi) is 5.50. The smallest absolute Gasteiger partial charge is 0.230 e. The lowest BCUT2D eigenvalue weighted by molar-refractivity contribution is -0.118. The van der Waals surface area contributed by atoms with Gasteiger partial charge in [0.05, 0.1) is 11.3 Å². The van der Waals surface area contributed by atoms with E-state index in [4.69, 9.17) is 0 Å². The summed E-state index contributed by atoms with van der Waals surface area (Å²) in [6.07, 6.45) is 5.60. The Morgan fingerprint density at radius 3 is 2.75 bits per heavy atom. The second kappa shape index (κ2) is 7.79. The van der Waals surface area contributed by atoms with E-state index in [0.717, 1.165) is 25.7 Å². The Balaban J connectivity index is 1.97. The molecule has 5 nitrogen and oxygen atoms in total. The van der Waals surface area contributed by atoms with E-state index in [0.29, 0.717) is 16.5 Å². The molecule has 1 saturated carbocycles. The zero-order valence-electron chi connectivity index (χ0n) is 13.7. The first kappa shape index (κ1) is 17.0. The highest BCUT2D eigenvalue weighted by Gasteiger charge is 2.25. The second-order valence-electron chi connectivity index (χ2n) is 5.91. The lowest BCUT2D eigenvalue weighted by atomic mass is 9.95. The summed E-state index contributed by atoms with van der Waals surface area (Å²) in [6.45, 7) is 0. The summed E-state index contributed by atoms with van der Waals surface area (Å²) in [5, 5.41) is 11.8. The molecule has 1 aliphatic carbocycles. The van der Waals surface area contributed by atoms with Gasteiger partial charge in [-0.3, -0.25) is 9.36 Å². The van der Waals surface area contributed by atoms with Crippen molar-refractivity contribution in [2.75, 3.05) is 12.8 Å². The molecular weight excluding hydrogens is 327 g/mol. The van der Waals surface area contributed by atoms with Gasteiger partial charge in [0.1, 0.15) is 5.82 Å². The number of carbonyl (C=O) groups is 1. The molecule has 1 fully saturated rings. The average molecular weight is 348 g/mol. The zero-order chi connectivity index (χ0) is 16.9. The summed E-state index contributed by atoms with van der Waals surface area (Å²) in [5.41, 5.74) is 0.461. The number of aromatic nitrogens is 3. The summed E-state index contributed by atoms with van der Waals surface area (Å²) in [4.78, 5) is 11.6. The molecule has 1 heterocycles. The standard InChI is InChI=1S/C17H21FN4OS/c1-19-15(23)11-24-17-21-20-16(13-9-5-6-10-14(13)18)22(17)12-7-3-2-4-8-12/h5-6,9-10,12H,2-4,7-8,11H2,1H3,(H,19,23). The van der Waals surface area contributed by atoms with Crippen molar-refractivity contribution < 1.29 is 9.18 Å². The van der Waals surface area contributed by atoms with Crippen LogP contribution in [0.15, 0.2) is 29.4 Å². The molecule has 1 aliphatic rings. The van der Waals surface area contributed by atoms with E-state index in [-0.39, 0.29) is 23.5 Å². The minimum atomic E-state index is -0.301. The summed E-state index contributed by atoms with van der Waals surface area (Å²) in [5.74, 6) is 0.466. The van der Waals surface area contributed by atoms with Crippen molar-refractivity contribution in [3.05, 3.63) is 30.1 Å². The third-order valence-corrected chi connectivity index (χ3v) is 5.27. The normalized spacial score (nSPS) is 15.4. The molecule has 3 rings (SSSR count). The number of thioether (sulfide) groups is 1. The number of hydrogen-bond donors (Lipinski definition) is 1. The molecule has 0 saturated heterocycles. The van der Waals surface area contributed by atoms with Gasteiger partial charge in [0.15, 0.2) is 11.0 Å². The third kappa shape index (κ3) is 3.61. The Hall–Kier alpha value is -1.89. The summed E-state index contributed by atoms with van der Waals surface area (Å²) >= 11 is 1.35. The number of benzene rings is 1. The number of nitrogens with one attached hydrogen (secondary N) is 1. The number of carbonyl (C=O) groups excluding carboxylic acids is 1. The van der Waals surface area contributed by atoms with Crippen molar-refractivity contribution in [1.29, 1.82) is 0 Å². The van der Waals surface area contributed by atoms with Gasteiger partial charge in [-0.05, 0) is 25.0 Å². The Labute approximate surface area is 145 Å². The maximum absolute atomic E-state index is 14.2. The van der Waals surface area contributed by atoms with E-state index in [2.05, 4.69) is 15.5 Å². The molecule has 0 unspecified atom stereocenters. The van der Waals surface area contributed by atoms with Crippen LogP contribution in [0.3, 0.4) is 0 Å². The first-order valence-electron chi connectivity index (χ1n) is 8.24. The van der Waals surface area contributed by atoms with Crippen molar-refractivity contribution in [2.45, 2.75) is 43.3 Å². The van der Waals surface area contributed by atoms with Crippen molar-refractivity contribution in [2.24, 2.45) is 0 Å². The minimum Gasteiger partial charge on any atom is -0.358 e. The van der Waals surface area contributed by atoms with Crippen LogP contribution in [0.1, 0.15) is 38.1 Å². The van der Waals surface area contributed by atoms with E-state index in [1.807, 2.05) is 4.57 Å². The molecule has 0 bridgehead atoms. The third-order valence-electron chi connectivity index (χ3n) is 4.33. The summed E-state index contributed by atoms with van der Waals surface area (Å²) in [6, 6.07) is 6.89. The van der Waals surface area contributed by atoms with E-state index in [1.165, 1.54) is 24.2 Å². The van der Waals surface area contributed by atoms with Crippen LogP contribution in [0.25, 0.3) is 11.4 Å². The molecule has 0 aliphatic heterocycles. The lowest BCUT2D eigenvalue weighted by Gasteiger charge is -2.25. The largest absolute Gasteiger partial charge is 0.358 e. The van der Waals surface area contributed by atoms with Gasteiger partial charge in [-0.2, -0.15) is 0 Å². The highest BCUT2D eigenvalue weighted by Crippen LogP contribution is 2.36. The topological polar surface area (TPSA) is 59.8 Å². The zero-order valence-corrected chi connectivity index (χ0v) is 14.5. The maximum atomic E-state index is 14.2. The predicted molar refractivity (Wildman–Crippen MR) is 92.3 cm³/mol. The van der Waals surface area contributed by atoms with Crippen molar-refractivity contribution >= 4 is 17.7 Å². The Morgan fingerprint density at radius 2 is 2.04 bits per heavy atom. The van der Waals surface area contributed by atoms with Gasteiger partial charge in [-0.15, -0.1) is 10.2 Å². The molecule has 24 heavy (non-hydrogen) atoms. The van der Waals surface area contributed by atoms with Crippen molar-refractivity contribution in [1.82, 2.24) is 20.1 Å². The number of nitrogens with zero attached hydrogens (tertiary/aromatic N) is 3. The van der Waals surface area contributed by atoms with Gasteiger partial charge >= 0.3 is 0 Å². The van der Waals surface area contributed by atoms with Gasteiger partial charge in [0, 0.05) is 13.1 Å². The molecule has 0 radical (unpaired) electrons. The van der Waals surface area contributed by atoms with Gasteiger partial charge in [-0.25, -0.2) is 4.39 Å². The van der Waals surface area contributed by atoms with Gasteiger partial charge < -0.3 is 5.32 Å². The molecular formula is C17H21FN4OS. The molecule has 2 aromatic rings. The van der Waals surface area contributed by atoms with Gasteiger partial charge in [0.2, 0.25) is 5.91 Å². The number of amides is 1. The molecule has 1 amide bonds. The van der Waals surface area contributed by atoms with E-state index >= 15 is 0 Å². The highest BCUT2D eigenvalue weighted by molar-refractivity contribution is 7.99. The first-order valence-corrected chi connectivity index (χ1v) is 9.22. The van der Waals surface area contributed by atoms with Crippen LogP contribution in [-0.4, -0.2) is 33.5 Å². The van der Waals surface area contributed by atoms with Crippen LogP contribution in [0.5, 0.6) is 0 Å². The Morgan fingerprint density at radius 1 is 1.29 bits per heavy atom. The van der Waals surface area contributed by atoms with Crippen molar-refractivity contribution in [3.63, 3.8) is 0 Å². The molecule has 0 atom stereocenters. The molecule has 1 aromatic carbocycles.